The monoisotopic (exact) mass is 448 g/mol. The van der Waals surface area contributed by atoms with Gasteiger partial charge in [0.1, 0.15) is 7.35 Å². The lowest BCUT2D eigenvalue weighted by Crippen LogP contribution is -1.92. The number of hydrogen-bond donors (Lipinski definition) is 0. The highest BCUT2D eigenvalue weighted by molar-refractivity contribution is 8.51. The third-order valence-corrected chi connectivity index (χ3v) is 6.49. The summed E-state index contributed by atoms with van der Waals surface area (Å²) < 4.78 is 11.6. The van der Waals surface area contributed by atoms with Gasteiger partial charge < -0.3 is 8.71 Å². The average molecular weight is 448 g/mol. The molecule has 0 aliphatic carbocycles. The van der Waals surface area contributed by atoms with Gasteiger partial charge in [-0.3, -0.25) is 19.9 Å². The molecule has 0 fully saturated rings. The van der Waals surface area contributed by atoms with E-state index in [0.717, 1.165) is 33.9 Å². The molecule has 1 unspecified atom stereocenters. The second-order valence-corrected chi connectivity index (χ2v) is 10.1. The van der Waals surface area contributed by atoms with Crippen LogP contribution in [0.25, 0.3) is 22.8 Å². The zero-order valence-electron chi connectivity index (χ0n) is 17.0. The van der Waals surface area contributed by atoms with Gasteiger partial charge in [-0.05, 0) is 54.2 Å². The summed E-state index contributed by atoms with van der Waals surface area (Å²) in [6.45, 7) is 2.99. The maximum absolute atomic E-state index is 5.91. The summed E-state index contributed by atoms with van der Waals surface area (Å²) in [6.07, 6.45) is 7.17. The minimum absolute atomic E-state index is 0.469. The van der Waals surface area contributed by atoms with Crippen molar-refractivity contribution < 1.29 is 8.71 Å². The first-order chi connectivity index (χ1) is 15.3. The maximum Gasteiger partial charge on any atom is 0.115 e. The molecule has 0 saturated carbocycles. The van der Waals surface area contributed by atoms with Crippen LogP contribution in [0.15, 0.2) is 85.5 Å². The third kappa shape index (κ3) is 6.39. The van der Waals surface area contributed by atoms with E-state index in [-0.39, 0.29) is 0 Å². The molecule has 4 aromatic rings. The Morgan fingerprint density at radius 3 is 1.71 bits per heavy atom. The van der Waals surface area contributed by atoms with E-state index in [4.69, 9.17) is 8.71 Å². The van der Waals surface area contributed by atoms with Gasteiger partial charge in [-0.2, -0.15) is 0 Å². The number of hydrogen-bond acceptors (Lipinski definition) is 7. The molecule has 0 aliphatic rings. The highest BCUT2D eigenvalue weighted by Gasteiger charge is 2.07. The van der Waals surface area contributed by atoms with Crippen molar-refractivity contribution in [2.24, 2.45) is 0 Å². The summed E-state index contributed by atoms with van der Waals surface area (Å²) in [6, 6.07) is 19.5. The van der Waals surface area contributed by atoms with Crippen molar-refractivity contribution in [2.75, 3.05) is 6.66 Å². The van der Waals surface area contributed by atoms with Gasteiger partial charge in [-0.25, -0.2) is 0 Å². The van der Waals surface area contributed by atoms with Gasteiger partial charge in [0.25, 0.3) is 0 Å². The van der Waals surface area contributed by atoms with E-state index in [1.165, 1.54) is 11.7 Å². The molecule has 1 atom stereocenters. The molecule has 0 bridgehead atoms. The van der Waals surface area contributed by atoms with Crippen molar-refractivity contribution >= 4 is 19.0 Å². The zero-order chi connectivity index (χ0) is 21.3. The van der Waals surface area contributed by atoms with Crippen molar-refractivity contribution in [3.63, 3.8) is 0 Å². The molecule has 0 N–H and O–H groups in total. The fourth-order valence-electron chi connectivity index (χ4n) is 2.71. The Morgan fingerprint density at radius 2 is 1.23 bits per heavy atom. The number of nitrogens with zero attached hydrogens (tertiary/aromatic N) is 4. The van der Waals surface area contributed by atoms with E-state index in [1.807, 2.05) is 79.7 Å². The molecule has 4 aromatic heterocycles. The highest BCUT2D eigenvalue weighted by atomic mass is 32.7. The molecule has 4 rings (SSSR count). The molecular weight excluding hydrogens is 427 g/mol. The Kier molecular flexibility index (Phi) is 7.69. The second-order valence-electron chi connectivity index (χ2n) is 6.58. The quantitative estimate of drug-likeness (QED) is 0.232. The highest BCUT2D eigenvalue weighted by Crippen LogP contribution is 2.48. The normalized spacial score (nSPS) is 11.9. The predicted octanol–water partition coefficient (Wildman–Crippen LogP) is 5.92. The Bertz CT molecular complexity index is 1070. The van der Waals surface area contributed by atoms with Crippen LogP contribution in [0.1, 0.15) is 11.1 Å². The molecule has 8 heteroatoms. The average Bonchev–Trinajstić information content (AvgIpc) is 2.85. The largest absolute Gasteiger partial charge is 0.341 e. The molecule has 0 aromatic carbocycles. The summed E-state index contributed by atoms with van der Waals surface area (Å²) in [4.78, 5) is 17.6. The molecular formula is C23H21N4O2PS. The van der Waals surface area contributed by atoms with Gasteiger partial charge in [0.05, 0.1) is 36.0 Å². The Balaban J connectivity index is 1.20. The molecule has 0 saturated heterocycles. The Labute approximate surface area is 186 Å². The van der Waals surface area contributed by atoms with Crippen LogP contribution >= 0.6 is 19.0 Å². The van der Waals surface area contributed by atoms with Crippen molar-refractivity contribution in [1.82, 2.24) is 19.9 Å². The van der Waals surface area contributed by atoms with E-state index in [9.17, 15) is 0 Å². The van der Waals surface area contributed by atoms with Crippen LogP contribution in [-0.4, -0.2) is 26.6 Å². The number of aromatic nitrogens is 4. The van der Waals surface area contributed by atoms with Crippen LogP contribution in [-0.2, 0) is 21.9 Å². The van der Waals surface area contributed by atoms with Crippen LogP contribution in [0.4, 0.5) is 0 Å². The first kappa shape index (κ1) is 21.5. The molecule has 6 nitrogen and oxygen atoms in total. The van der Waals surface area contributed by atoms with Gasteiger partial charge in [-0.15, -0.1) is 0 Å². The minimum atomic E-state index is -0.770. The fraction of sp³-hybridized carbons (Fsp3) is 0.130. The van der Waals surface area contributed by atoms with E-state index >= 15 is 0 Å². The first-order valence-corrected chi connectivity index (χ1v) is 12.7. The fourth-order valence-corrected chi connectivity index (χ4v) is 4.31. The molecule has 156 valence electrons. The maximum atomic E-state index is 5.91. The summed E-state index contributed by atoms with van der Waals surface area (Å²) in [5.41, 5.74) is 5.44. The van der Waals surface area contributed by atoms with Crippen molar-refractivity contribution in [3.8, 4) is 22.8 Å². The lowest BCUT2D eigenvalue weighted by atomic mass is 10.2. The lowest BCUT2D eigenvalue weighted by Gasteiger charge is -2.12. The summed E-state index contributed by atoms with van der Waals surface area (Å²) >= 11 is 1.36. The lowest BCUT2D eigenvalue weighted by molar-refractivity contribution is 0.341. The van der Waals surface area contributed by atoms with Gasteiger partial charge in [-0.1, -0.05) is 24.3 Å². The molecule has 0 aliphatic heterocycles. The van der Waals surface area contributed by atoms with E-state index in [2.05, 4.69) is 19.9 Å². The predicted molar refractivity (Wildman–Crippen MR) is 125 cm³/mol. The zero-order valence-corrected chi connectivity index (χ0v) is 18.7. The van der Waals surface area contributed by atoms with E-state index in [1.54, 1.807) is 12.4 Å². The summed E-state index contributed by atoms with van der Waals surface area (Å²) in [5, 5.41) is 0. The molecule has 4 heterocycles. The Morgan fingerprint density at radius 1 is 0.677 bits per heavy atom. The van der Waals surface area contributed by atoms with Crippen LogP contribution in [0.3, 0.4) is 0 Å². The first-order valence-electron chi connectivity index (χ1n) is 9.67. The van der Waals surface area contributed by atoms with Crippen LogP contribution < -0.4 is 0 Å². The van der Waals surface area contributed by atoms with Crippen molar-refractivity contribution in [2.45, 2.75) is 13.2 Å². The topological polar surface area (TPSA) is 70.0 Å². The smallest absolute Gasteiger partial charge is 0.115 e. The van der Waals surface area contributed by atoms with Gasteiger partial charge >= 0.3 is 0 Å². The number of pyridine rings is 4. The van der Waals surface area contributed by atoms with Crippen molar-refractivity contribution in [1.29, 1.82) is 0 Å². The minimum Gasteiger partial charge on any atom is -0.341 e. The van der Waals surface area contributed by atoms with Crippen LogP contribution in [0.2, 0.25) is 0 Å². The van der Waals surface area contributed by atoms with Gasteiger partial charge in [0, 0.05) is 36.4 Å². The molecule has 0 spiro atoms. The second kappa shape index (κ2) is 11.1. The number of rotatable bonds is 9. The molecule has 0 radical (unpaired) electrons. The Hall–Kier alpha value is -2.70. The van der Waals surface area contributed by atoms with Crippen LogP contribution in [0, 0.1) is 0 Å². The third-order valence-electron chi connectivity index (χ3n) is 4.30. The standard InChI is InChI=1S/C23H21N4O2PS/c1-30(28-16-18-8-10-22(26-14-18)20-6-2-4-12-24-20)31-29-17-19-9-11-23(27-15-19)21-7-3-5-13-25-21/h2-15H,16-17H2,1H3. The van der Waals surface area contributed by atoms with Crippen LogP contribution in [0.5, 0.6) is 0 Å². The molecule has 31 heavy (non-hydrogen) atoms. The van der Waals surface area contributed by atoms with Gasteiger partial charge in [0.2, 0.25) is 0 Å². The van der Waals surface area contributed by atoms with E-state index in [0.29, 0.717) is 13.2 Å². The SMILES string of the molecule is CP(OCc1ccc(-c2ccccn2)nc1)SOCc1ccc(-c2ccccn2)nc1. The summed E-state index contributed by atoms with van der Waals surface area (Å²) in [7, 11) is -0.770. The molecule has 0 amide bonds. The van der Waals surface area contributed by atoms with Crippen molar-refractivity contribution in [3.05, 3.63) is 96.6 Å². The summed E-state index contributed by atoms with van der Waals surface area (Å²) in [5.74, 6) is 0. The van der Waals surface area contributed by atoms with Gasteiger partial charge in [0.15, 0.2) is 0 Å². The van der Waals surface area contributed by atoms with E-state index < -0.39 is 7.35 Å².